The summed E-state index contributed by atoms with van der Waals surface area (Å²) >= 11 is 1.14. The van der Waals surface area contributed by atoms with Crippen LogP contribution >= 0.6 is 11.8 Å². The summed E-state index contributed by atoms with van der Waals surface area (Å²) in [6.45, 7) is 4.87. The summed E-state index contributed by atoms with van der Waals surface area (Å²) in [5, 5.41) is 19.4. The minimum atomic E-state index is -1.09. The van der Waals surface area contributed by atoms with Crippen LogP contribution < -0.4 is 5.32 Å². The predicted molar refractivity (Wildman–Crippen MR) is 65.3 cm³/mol. The number of aliphatic carboxylic acids is 1. The Morgan fingerprint density at radius 3 is 2.50 bits per heavy atom. The van der Waals surface area contributed by atoms with Gasteiger partial charge in [-0.15, -0.1) is 5.10 Å². The van der Waals surface area contributed by atoms with Crippen LogP contribution in [0.2, 0.25) is 0 Å². The molecule has 0 saturated heterocycles. The van der Waals surface area contributed by atoms with E-state index in [0.717, 1.165) is 23.1 Å². The van der Waals surface area contributed by atoms with Crippen molar-refractivity contribution in [1.29, 1.82) is 0 Å². The molecule has 0 bridgehead atoms. The number of thioether (sulfide) groups is 1. The van der Waals surface area contributed by atoms with E-state index in [9.17, 15) is 9.59 Å². The molecule has 0 fully saturated rings. The van der Waals surface area contributed by atoms with Crippen LogP contribution in [0.25, 0.3) is 0 Å². The topological polar surface area (TPSA) is 105 Å². The number of nitrogens with one attached hydrogen (secondary N) is 1. The van der Waals surface area contributed by atoms with Crippen molar-refractivity contribution < 1.29 is 14.7 Å². The van der Waals surface area contributed by atoms with E-state index in [2.05, 4.69) is 20.5 Å². The highest BCUT2D eigenvalue weighted by atomic mass is 32.2. The van der Waals surface area contributed by atoms with Gasteiger partial charge in [-0.1, -0.05) is 11.8 Å². The van der Waals surface area contributed by atoms with Crippen LogP contribution in [0.15, 0.2) is 5.16 Å². The molecule has 1 amide bonds. The lowest BCUT2D eigenvalue weighted by Crippen LogP contribution is -2.41. The predicted octanol–water partition coefficient (Wildman–Crippen LogP) is 0.170. The van der Waals surface area contributed by atoms with Crippen molar-refractivity contribution in [2.45, 2.75) is 32.0 Å². The number of hydrogen-bond acceptors (Lipinski definition) is 6. The first-order valence-electron chi connectivity index (χ1n) is 5.20. The van der Waals surface area contributed by atoms with E-state index in [1.807, 2.05) is 0 Å². The number of carboxylic acids is 1. The molecule has 0 aromatic carbocycles. The summed E-state index contributed by atoms with van der Waals surface area (Å²) in [6.07, 6.45) is 0. The molecule has 1 atom stereocenters. The van der Waals surface area contributed by atoms with Gasteiger partial charge in [-0.25, -0.2) is 9.78 Å². The largest absolute Gasteiger partial charge is 0.480 e. The van der Waals surface area contributed by atoms with Gasteiger partial charge in [-0.3, -0.25) is 4.79 Å². The molecule has 0 radical (unpaired) electrons. The Bertz CT molecular complexity index is 466. The number of aryl methyl sites for hydroxylation is 2. The summed E-state index contributed by atoms with van der Waals surface area (Å²) in [6, 6.07) is -0.960. The van der Waals surface area contributed by atoms with E-state index in [0.29, 0.717) is 5.16 Å². The van der Waals surface area contributed by atoms with E-state index in [1.54, 1.807) is 13.8 Å². The Morgan fingerprint density at radius 1 is 1.33 bits per heavy atom. The molecule has 1 heterocycles. The fourth-order valence-corrected chi connectivity index (χ4v) is 1.92. The molecule has 8 heteroatoms. The Labute approximate surface area is 108 Å². The second-order valence-electron chi connectivity index (χ2n) is 3.67. The summed E-state index contributed by atoms with van der Waals surface area (Å²) in [5.41, 5.74) is 1.48. The molecular formula is C10H14N4O3S. The van der Waals surface area contributed by atoms with E-state index in [-0.39, 0.29) is 11.7 Å². The molecule has 18 heavy (non-hydrogen) atoms. The number of hydrogen-bond donors (Lipinski definition) is 2. The van der Waals surface area contributed by atoms with E-state index >= 15 is 0 Å². The molecule has 0 aliphatic heterocycles. The van der Waals surface area contributed by atoms with Crippen LogP contribution in [-0.2, 0) is 9.59 Å². The maximum atomic E-state index is 10.9. The lowest BCUT2D eigenvalue weighted by molar-refractivity contribution is -0.140. The second kappa shape index (κ2) is 6.29. The number of carbonyl (C=O) groups is 2. The van der Waals surface area contributed by atoms with Gasteiger partial charge in [0.1, 0.15) is 6.04 Å². The average Bonchev–Trinajstić information content (AvgIpc) is 2.28. The smallest absolute Gasteiger partial charge is 0.327 e. The number of amides is 1. The lowest BCUT2D eigenvalue weighted by atomic mass is 10.3. The molecule has 1 unspecified atom stereocenters. The maximum Gasteiger partial charge on any atom is 0.327 e. The zero-order valence-electron chi connectivity index (χ0n) is 10.3. The molecule has 1 aromatic rings. The normalized spacial score (nSPS) is 11.9. The maximum absolute atomic E-state index is 10.9. The van der Waals surface area contributed by atoms with Gasteiger partial charge in [0.2, 0.25) is 11.1 Å². The van der Waals surface area contributed by atoms with Gasteiger partial charge in [0.05, 0.1) is 11.4 Å². The zero-order chi connectivity index (χ0) is 13.7. The first-order valence-corrected chi connectivity index (χ1v) is 6.19. The lowest BCUT2D eigenvalue weighted by Gasteiger charge is -2.11. The fourth-order valence-electron chi connectivity index (χ4n) is 1.08. The fraction of sp³-hybridized carbons (Fsp3) is 0.500. The van der Waals surface area contributed by atoms with Gasteiger partial charge in [-0.05, 0) is 13.8 Å². The van der Waals surface area contributed by atoms with Crippen molar-refractivity contribution in [3.63, 3.8) is 0 Å². The summed E-state index contributed by atoms with van der Waals surface area (Å²) in [5.74, 6) is -1.32. The first kappa shape index (κ1) is 14.4. The van der Waals surface area contributed by atoms with Crippen molar-refractivity contribution >= 4 is 23.6 Å². The van der Waals surface area contributed by atoms with E-state index in [4.69, 9.17) is 5.11 Å². The van der Waals surface area contributed by atoms with Gasteiger partial charge in [0.25, 0.3) is 0 Å². The highest BCUT2D eigenvalue weighted by Gasteiger charge is 2.19. The summed E-state index contributed by atoms with van der Waals surface area (Å²) < 4.78 is 0. The Kier molecular flexibility index (Phi) is 5.02. The molecule has 1 rings (SSSR count). The van der Waals surface area contributed by atoms with Crippen LogP contribution in [0, 0.1) is 13.8 Å². The van der Waals surface area contributed by atoms with Crippen molar-refractivity contribution in [1.82, 2.24) is 20.5 Å². The third-order valence-corrected chi connectivity index (χ3v) is 3.06. The average molecular weight is 270 g/mol. The monoisotopic (exact) mass is 270 g/mol. The highest BCUT2D eigenvalue weighted by Crippen LogP contribution is 2.14. The van der Waals surface area contributed by atoms with Gasteiger partial charge in [0.15, 0.2) is 0 Å². The molecular weight excluding hydrogens is 256 g/mol. The molecule has 0 saturated carbocycles. The van der Waals surface area contributed by atoms with Gasteiger partial charge < -0.3 is 10.4 Å². The van der Waals surface area contributed by atoms with Crippen molar-refractivity contribution in [2.75, 3.05) is 5.75 Å². The third kappa shape index (κ3) is 4.28. The molecule has 0 spiro atoms. The minimum absolute atomic E-state index is 0.152. The van der Waals surface area contributed by atoms with Crippen LogP contribution in [0.1, 0.15) is 18.3 Å². The standard InChI is InChI=1S/C10H14N4O3S/c1-5-6(2)13-14-10(11-5)18-4-8(9(16)17)12-7(3)15/h8H,4H2,1-3H3,(H,12,15)(H,16,17). The number of aromatic nitrogens is 3. The summed E-state index contributed by atoms with van der Waals surface area (Å²) in [7, 11) is 0. The van der Waals surface area contributed by atoms with Crippen molar-refractivity contribution in [3.05, 3.63) is 11.4 Å². The van der Waals surface area contributed by atoms with Gasteiger partial charge in [-0.2, -0.15) is 5.10 Å². The molecule has 2 N–H and O–H groups in total. The van der Waals surface area contributed by atoms with Gasteiger partial charge in [0, 0.05) is 12.7 Å². The first-order chi connectivity index (χ1) is 8.40. The van der Waals surface area contributed by atoms with E-state index < -0.39 is 12.0 Å². The number of nitrogens with zero attached hydrogens (tertiary/aromatic N) is 3. The molecule has 0 aliphatic carbocycles. The minimum Gasteiger partial charge on any atom is -0.480 e. The quantitative estimate of drug-likeness (QED) is 0.735. The highest BCUT2D eigenvalue weighted by molar-refractivity contribution is 7.99. The SMILES string of the molecule is CC(=O)NC(CSc1nnc(C)c(C)n1)C(=O)O. The molecule has 98 valence electrons. The van der Waals surface area contributed by atoms with Crippen LogP contribution in [0.4, 0.5) is 0 Å². The van der Waals surface area contributed by atoms with Gasteiger partial charge >= 0.3 is 5.97 Å². The Morgan fingerprint density at radius 2 is 2.00 bits per heavy atom. The number of rotatable bonds is 5. The molecule has 0 aliphatic rings. The van der Waals surface area contributed by atoms with E-state index in [1.165, 1.54) is 6.92 Å². The Hall–Kier alpha value is -1.70. The second-order valence-corrected chi connectivity index (χ2v) is 4.65. The molecule has 7 nitrogen and oxygen atoms in total. The van der Waals surface area contributed by atoms with Crippen molar-refractivity contribution in [2.24, 2.45) is 0 Å². The third-order valence-electron chi connectivity index (χ3n) is 2.13. The zero-order valence-corrected chi connectivity index (χ0v) is 11.1. The van der Waals surface area contributed by atoms with Crippen LogP contribution in [0.5, 0.6) is 0 Å². The molecule has 1 aromatic heterocycles. The number of carboxylic acid groups (broad SMARTS) is 1. The Balaban J connectivity index is 2.64. The summed E-state index contributed by atoms with van der Waals surface area (Å²) in [4.78, 5) is 25.9. The van der Waals surface area contributed by atoms with Crippen LogP contribution in [0.3, 0.4) is 0 Å². The number of carbonyl (C=O) groups excluding carboxylic acids is 1. The van der Waals surface area contributed by atoms with Crippen LogP contribution in [-0.4, -0.2) is 44.0 Å². The van der Waals surface area contributed by atoms with Crippen molar-refractivity contribution in [3.8, 4) is 0 Å².